The lowest BCUT2D eigenvalue weighted by molar-refractivity contribution is -0.118. The van der Waals surface area contributed by atoms with Crippen molar-refractivity contribution in [3.05, 3.63) is 59.7 Å². The molecule has 27 heavy (non-hydrogen) atoms. The number of carbonyl (C=O) groups is 2. The number of hydrogen-bond donors (Lipinski definition) is 2. The first kappa shape index (κ1) is 22.2. The molecule has 0 unspecified atom stereocenters. The molecule has 0 saturated carbocycles. The van der Waals surface area contributed by atoms with E-state index in [1.54, 1.807) is 0 Å². The van der Waals surface area contributed by atoms with Gasteiger partial charge in [-0.05, 0) is 28.7 Å². The van der Waals surface area contributed by atoms with Crippen molar-refractivity contribution in [1.29, 1.82) is 0 Å². The van der Waals surface area contributed by atoms with E-state index in [1.807, 2.05) is 31.2 Å². The van der Waals surface area contributed by atoms with Crippen LogP contribution < -0.4 is 11.5 Å². The molecule has 1 aliphatic rings. The summed E-state index contributed by atoms with van der Waals surface area (Å²) < 4.78 is 4.98. The second-order valence-electron chi connectivity index (χ2n) is 6.28. The fourth-order valence-corrected chi connectivity index (χ4v) is 2.85. The molecule has 2 amide bonds. The first-order valence-corrected chi connectivity index (χ1v) is 9.34. The number of primary amides is 2. The average molecular weight is 375 g/mol. The minimum Gasteiger partial charge on any atom is -0.449 e. The molecule has 2 aromatic carbocycles. The van der Waals surface area contributed by atoms with Crippen LogP contribution in [0.15, 0.2) is 48.5 Å². The Hall–Kier alpha value is -2.82. The third-order valence-electron chi connectivity index (χ3n) is 3.85. The molecule has 0 spiro atoms. The molecule has 3 rings (SSSR count). The smallest absolute Gasteiger partial charge is 0.404 e. The molecule has 5 nitrogen and oxygen atoms in total. The standard InChI is InChI=1S/C15H13NO2.C4H9NO.C3H8.2H2/c16-15(17)18-9-14-12-7-3-1-5-10(12)11-6-2-4-8-13(11)14;1-2-3-4(5)6;1-3-2;;/h1-8,14H,9H2,(H2,16,17);2-3H2,1H3,(H2,5,6);3H2,1-2H3;2*1H. The van der Waals surface area contributed by atoms with E-state index in [0.29, 0.717) is 13.0 Å². The SMILES string of the molecule is CCC.CCCC(N)=O.NC(=O)OCC1c2ccccc2-c2ccccc21.[HH].[HH]. The van der Waals surface area contributed by atoms with Crippen molar-refractivity contribution in [3.63, 3.8) is 0 Å². The predicted octanol–water partition coefficient (Wildman–Crippen LogP) is 5.07. The van der Waals surface area contributed by atoms with Crippen LogP contribution in [-0.4, -0.2) is 18.6 Å². The van der Waals surface area contributed by atoms with E-state index >= 15 is 0 Å². The minimum absolute atomic E-state index is 0. The molecule has 2 aromatic rings. The van der Waals surface area contributed by atoms with Gasteiger partial charge in [-0.3, -0.25) is 4.79 Å². The molecule has 0 radical (unpaired) electrons. The average Bonchev–Trinajstić information content (AvgIpc) is 2.95. The molecule has 4 N–H and O–H groups in total. The van der Waals surface area contributed by atoms with E-state index in [1.165, 1.54) is 28.7 Å². The highest BCUT2D eigenvalue weighted by molar-refractivity contribution is 5.79. The van der Waals surface area contributed by atoms with Crippen molar-refractivity contribution in [2.75, 3.05) is 6.61 Å². The number of carbonyl (C=O) groups excluding carboxylic acids is 2. The molecule has 0 bridgehead atoms. The number of fused-ring (bicyclic) bond motifs is 3. The Kier molecular flexibility index (Phi) is 9.65. The maximum absolute atomic E-state index is 10.8. The van der Waals surface area contributed by atoms with E-state index in [9.17, 15) is 9.59 Å². The van der Waals surface area contributed by atoms with Crippen LogP contribution in [0.4, 0.5) is 4.79 Å². The highest BCUT2D eigenvalue weighted by atomic mass is 16.5. The van der Waals surface area contributed by atoms with Crippen LogP contribution >= 0.6 is 0 Å². The number of ether oxygens (including phenoxy) is 1. The van der Waals surface area contributed by atoms with Crippen molar-refractivity contribution in [1.82, 2.24) is 0 Å². The predicted molar refractivity (Wildman–Crippen MR) is 114 cm³/mol. The van der Waals surface area contributed by atoms with Crippen LogP contribution in [0.25, 0.3) is 11.1 Å². The van der Waals surface area contributed by atoms with Gasteiger partial charge in [-0.1, -0.05) is 75.7 Å². The Morgan fingerprint density at radius 2 is 1.37 bits per heavy atom. The summed E-state index contributed by atoms with van der Waals surface area (Å²) in [7, 11) is 0. The molecular weight excluding hydrogens is 340 g/mol. The lowest BCUT2D eigenvalue weighted by atomic mass is 9.98. The third kappa shape index (κ3) is 6.77. The zero-order valence-corrected chi connectivity index (χ0v) is 16.4. The fourth-order valence-electron chi connectivity index (χ4n) is 2.85. The summed E-state index contributed by atoms with van der Waals surface area (Å²) in [5, 5.41) is 0. The highest BCUT2D eigenvalue weighted by Crippen LogP contribution is 2.44. The molecule has 0 fully saturated rings. The van der Waals surface area contributed by atoms with E-state index < -0.39 is 6.09 Å². The Bertz CT molecular complexity index is 709. The summed E-state index contributed by atoms with van der Waals surface area (Å²) in [5.74, 6) is -0.123. The van der Waals surface area contributed by atoms with Crippen LogP contribution in [0.1, 0.15) is 59.9 Å². The van der Waals surface area contributed by atoms with Gasteiger partial charge < -0.3 is 16.2 Å². The largest absolute Gasteiger partial charge is 0.449 e. The zero-order valence-electron chi connectivity index (χ0n) is 16.4. The molecule has 0 aromatic heterocycles. The fraction of sp³-hybridized carbons (Fsp3) is 0.364. The summed E-state index contributed by atoms with van der Waals surface area (Å²) in [6.45, 7) is 6.47. The Balaban J connectivity index is 0. The lowest BCUT2D eigenvalue weighted by Crippen LogP contribution is -2.17. The van der Waals surface area contributed by atoms with E-state index in [0.717, 1.165) is 6.42 Å². The van der Waals surface area contributed by atoms with Gasteiger partial charge in [0.05, 0.1) is 0 Å². The van der Waals surface area contributed by atoms with Crippen LogP contribution in [-0.2, 0) is 9.53 Å². The molecule has 0 atom stereocenters. The van der Waals surface area contributed by atoms with Crippen molar-refractivity contribution >= 4 is 12.0 Å². The van der Waals surface area contributed by atoms with Crippen LogP contribution in [0.5, 0.6) is 0 Å². The maximum Gasteiger partial charge on any atom is 0.404 e. The number of rotatable bonds is 4. The first-order valence-electron chi connectivity index (χ1n) is 9.34. The van der Waals surface area contributed by atoms with Crippen LogP contribution in [0.2, 0.25) is 0 Å². The van der Waals surface area contributed by atoms with Gasteiger partial charge in [0.1, 0.15) is 6.61 Å². The zero-order chi connectivity index (χ0) is 20.2. The summed E-state index contributed by atoms with van der Waals surface area (Å²) in [6.07, 6.45) is 1.90. The van der Waals surface area contributed by atoms with Crippen molar-refractivity contribution < 1.29 is 17.2 Å². The van der Waals surface area contributed by atoms with Crippen molar-refractivity contribution in [2.24, 2.45) is 11.5 Å². The molecule has 0 aliphatic heterocycles. The molecule has 5 heteroatoms. The topological polar surface area (TPSA) is 95.4 Å². The van der Waals surface area contributed by atoms with Crippen molar-refractivity contribution in [3.8, 4) is 11.1 Å². The summed E-state index contributed by atoms with van der Waals surface area (Å²) in [5.41, 5.74) is 14.6. The van der Waals surface area contributed by atoms with Gasteiger partial charge in [0.25, 0.3) is 0 Å². The quantitative estimate of drug-likeness (QED) is 0.781. The Morgan fingerprint density at radius 1 is 0.926 bits per heavy atom. The van der Waals surface area contributed by atoms with Gasteiger partial charge in [0, 0.05) is 15.2 Å². The maximum atomic E-state index is 10.8. The monoisotopic (exact) mass is 374 g/mol. The molecule has 150 valence electrons. The van der Waals surface area contributed by atoms with E-state index in [-0.39, 0.29) is 14.7 Å². The number of benzene rings is 2. The van der Waals surface area contributed by atoms with E-state index in [4.69, 9.17) is 16.2 Å². The number of amides is 2. The summed E-state index contributed by atoms with van der Waals surface area (Å²) in [6, 6.07) is 16.4. The Morgan fingerprint density at radius 3 is 1.70 bits per heavy atom. The molecular formula is C22H34N2O3. The van der Waals surface area contributed by atoms with Gasteiger partial charge >= 0.3 is 6.09 Å². The molecule has 1 aliphatic carbocycles. The number of nitrogens with two attached hydrogens (primary N) is 2. The highest BCUT2D eigenvalue weighted by Gasteiger charge is 2.28. The summed E-state index contributed by atoms with van der Waals surface area (Å²) in [4.78, 5) is 20.6. The summed E-state index contributed by atoms with van der Waals surface area (Å²) >= 11 is 0. The minimum atomic E-state index is -0.725. The normalized spacial score (nSPS) is 11.1. The second-order valence-corrected chi connectivity index (χ2v) is 6.28. The van der Waals surface area contributed by atoms with Gasteiger partial charge in [0.15, 0.2) is 0 Å². The lowest BCUT2D eigenvalue weighted by Gasteiger charge is -2.12. The van der Waals surface area contributed by atoms with Crippen LogP contribution in [0.3, 0.4) is 0 Å². The Labute approximate surface area is 164 Å². The van der Waals surface area contributed by atoms with Gasteiger partial charge in [-0.25, -0.2) is 4.79 Å². The van der Waals surface area contributed by atoms with Gasteiger partial charge in [0.2, 0.25) is 5.91 Å². The van der Waals surface area contributed by atoms with Gasteiger partial charge in [-0.15, -0.1) is 0 Å². The van der Waals surface area contributed by atoms with Crippen molar-refractivity contribution in [2.45, 2.75) is 46.0 Å². The molecule has 0 saturated heterocycles. The van der Waals surface area contributed by atoms with Gasteiger partial charge in [-0.2, -0.15) is 0 Å². The second kappa shape index (κ2) is 11.7. The molecule has 0 heterocycles. The number of hydrogen-bond acceptors (Lipinski definition) is 3. The third-order valence-corrected chi connectivity index (χ3v) is 3.85. The van der Waals surface area contributed by atoms with Crippen LogP contribution in [0, 0.1) is 0 Å². The van der Waals surface area contributed by atoms with E-state index in [2.05, 4.69) is 38.1 Å². The first-order chi connectivity index (χ1) is 13.0.